The van der Waals surface area contributed by atoms with Crippen LogP contribution in [-0.4, -0.2) is 31.5 Å². The second kappa shape index (κ2) is 10.3. The van der Waals surface area contributed by atoms with E-state index in [9.17, 15) is 9.59 Å². The van der Waals surface area contributed by atoms with E-state index in [1.54, 1.807) is 30.3 Å². The van der Waals surface area contributed by atoms with Crippen LogP contribution in [0.25, 0.3) is 0 Å². The fourth-order valence-electron chi connectivity index (χ4n) is 3.20. The van der Waals surface area contributed by atoms with Gasteiger partial charge in [-0.2, -0.15) is 0 Å². The minimum atomic E-state index is -0.641. The fraction of sp³-hybridized carbons (Fsp3) is 0.200. The lowest BCUT2D eigenvalue weighted by molar-refractivity contribution is -0.141. The monoisotopic (exact) mass is 403 g/mol. The van der Waals surface area contributed by atoms with Gasteiger partial charge in [0.1, 0.15) is 11.8 Å². The van der Waals surface area contributed by atoms with E-state index in [4.69, 9.17) is 9.47 Å². The van der Waals surface area contributed by atoms with Crippen LogP contribution in [0.15, 0.2) is 78.9 Å². The Morgan fingerprint density at radius 3 is 2.23 bits per heavy atom. The number of hydrogen-bond acceptors (Lipinski definition) is 5. The lowest BCUT2D eigenvalue weighted by Crippen LogP contribution is -2.33. The van der Waals surface area contributed by atoms with Gasteiger partial charge < -0.3 is 14.8 Å². The Morgan fingerprint density at radius 1 is 0.900 bits per heavy atom. The molecule has 0 saturated carbocycles. The minimum absolute atomic E-state index is 0.108. The van der Waals surface area contributed by atoms with E-state index >= 15 is 0 Å². The smallest absolute Gasteiger partial charge is 0.328 e. The van der Waals surface area contributed by atoms with Gasteiger partial charge >= 0.3 is 5.97 Å². The third kappa shape index (κ3) is 5.26. The minimum Gasteiger partial charge on any atom is -0.494 e. The Bertz CT molecular complexity index is 984. The normalized spacial score (nSPS) is 11.4. The maximum Gasteiger partial charge on any atom is 0.328 e. The van der Waals surface area contributed by atoms with E-state index in [2.05, 4.69) is 5.32 Å². The average molecular weight is 403 g/mol. The Balaban J connectivity index is 1.83. The SMILES string of the molecule is CCOc1ccc(CC(Nc2ccccc2C(=O)c2ccccc2)C(=O)OC)cc1. The maximum absolute atomic E-state index is 13.0. The van der Waals surface area contributed by atoms with E-state index < -0.39 is 12.0 Å². The summed E-state index contributed by atoms with van der Waals surface area (Å²) in [6.45, 7) is 2.53. The Morgan fingerprint density at radius 2 is 1.57 bits per heavy atom. The number of carbonyl (C=O) groups is 2. The van der Waals surface area contributed by atoms with E-state index in [0.717, 1.165) is 11.3 Å². The zero-order valence-corrected chi connectivity index (χ0v) is 17.1. The quantitative estimate of drug-likeness (QED) is 0.421. The van der Waals surface area contributed by atoms with Crippen molar-refractivity contribution in [1.29, 1.82) is 0 Å². The van der Waals surface area contributed by atoms with Crippen LogP contribution in [0.4, 0.5) is 5.69 Å². The van der Waals surface area contributed by atoms with Crippen molar-refractivity contribution in [3.05, 3.63) is 95.6 Å². The lowest BCUT2D eigenvalue weighted by atomic mass is 10.00. The van der Waals surface area contributed by atoms with Gasteiger partial charge in [0.2, 0.25) is 0 Å². The predicted molar refractivity (Wildman–Crippen MR) is 117 cm³/mol. The molecule has 0 aromatic heterocycles. The molecule has 30 heavy (non-hydrogen) atoms. The Labute approximate surface area is 176 Å². The number of hydrogen-bond donors (Lipinski definition) is 1. The van der Waals surface area contributed by atoms with E-state index in [1.807, 2.05) is 55.5 Å². The molecule has 0 aliphatic carbocycles. The molecule has 5 nitrogen and oxygen atoms in total. The first-order valence-electron chi connectivity index (χ1n) is 9.87. The molecule has 0 saturated heterocycles. The van der Waals surface area contributed by atoms with Crippen LogP contribution >= 0.6 is 0 Å². The van der Waals surface area contributed by atoms with Gasteiger partial charge in [-0.25, -0.2) is 4.79 Å². The molecular formula is C25H25NO4. The summed E-state index contributed by atoms with van der Waals surface area (Å²) in [6, 6.07) is 23.2. The number of anilines is 1. The maximum atomic E-state index is 13.0. The third-order valence-corrected chi connectivity index (χ3v) is 4.70. The largest absolute Gasteiger partial charge is 0.494 e. The van der Waals surface area contributed by atoms with Crippen molar-refractivity contribution < 1.29 is 19.1 Å². The van der Waals surface area contributed by atoms with Gasteiger partial charge in [0.25, 0.3) is 0 Å². The Kier molecular flexibility index (Phi) is 7.22. The van der Waals surface area contributed by atoms with Crippen molar-refractivity contribution in [2.24, 2.45) is 0 Å². The summed E-state index contributed by atoms with van der Waals surface area (Å²) in [5.74, 6) is 0.275. The molecule has 0 bridgehead atoms. The number of benzene rings is 3. The van der Waals surface area contributed by atoms with Crippen LogP contribution in [0.1, 0.15) is 28.4 Å². The Hall–Kier alpha value is -3.60. The van der Waals surface area contributed by atoms with Crippen molar-refractivity contribution in [3.8, 4) is 5.75 Å². The van der Waals surface area contributed by atoms with Crippen molar-refractivity contribution in [3.63, 3.8) is 0 Å². The number of methoxy groups -OCH3 is 1. The zero-order chi connectivity index (χ0) is 21.3. The summed E-state index contributed by atoms with van der Waals surface area (Å²) < 4.78 is 10.5. The zero-order valence-electron chi connectivity index (χ0n) is 17.1. The van der Waals surface area contributed by atoms with Crippen molar-refractivity contribution in [2.75, 3.05) is 19.0 Å². The van der Waals surface area contributed by atoms with Crippen LogP contribution in [-0.2, 0) is 16.0 Å². The molecule has 0 amide bonds. The first kappa shape index (κ1) is 21.1. The topological polar surface area (TPSA) is 64.6 Å². The van der Waals surface area contributed by atoms with Gasteiger partial charge in [-0.3, -0.25) is 4.79 Å². The highest BCUT2D eigenvalue weighted by atomic mass is 16.5. The number of ketones is 1. The number of nitrogens with one attached hydrogen (secondary N) is 1. The van der Waals surface area contributed by atoms with Crippen LogP contribution < -0.4 is 10.1 Å². The first-order chi connectivity index (χ1) is 14.6. The van der Waals surface area contributed by atoms with Crippen molar-refractivity contribution in [1.82, 2.24) is 0 Å². The average Bonchev–Trinajstić information content (AvgIpc) is 2.80. The second-order valence-electron chi connectivity index (χ2n) is 6.74. The van der Waals surface area contributed by atoms with E-state index in [0.29, 0.717) is 29.8 Å². The molecule has 3 aromatic rings. The molecule has 0 radical (unpaired) electrons. The van der Waals surface area contributed by atoms with Crippen LogP contribution in [0, 0.1) is 0 Å². The number of rotatable bonds is 9. The standard InChI is InChI=1S/C25H25NO4/c1-3-30-20-15-13-18(14-16-20)17-23(25(28)29-2)26-22-12-8-7-11-21(22)24(27)19-9-5-4-6-10-19/h4-16,23,26H,3,17H2,1-2H3. The summed E-state index contributed by atoms with van der Waals surface area (Å²) in [4.78, 5) is 25.4. The molecular weight excluding hydrogens is 378 g/mol. The molecule has 1 atom stereocenters. The van der Waals surface area contributed by atoms with Crippen LogP contribution in [0.5, 0.6) is 5.75 Å². The van der Waals surface area contributed by atoms with Gasteiger partial charge in [-0.15, -0.1) is 0 Å². The third-order valence-electron chi connectivity index (χ3n) is 4.70. The second-order valence-corrected chi connectivity index (χ2v) is 6.74. The molecule has 3 rings (SSSR count). The molecule has 1 N–H and O–H groups in total. The van der Waals surface area contributed by atoms with Gasteiger partial charge in [-0.1, -0.05) is 54.6 Å². The number of carbonyl (C=O) groups excluding carboxylic acids is 2. The molecule has 154 valence electrons. The van der Waals surface area contributed by atoms with Gasteiger partial charge in [0.15, 0.2) is 5.78 Å². The molecule has 5 heteroatoms. The van der Waals surface area contributed by atoms with E-state index in [1.165, 1.54) is 7.11 Å². The van der Waals surface area contributed by atoms with Gasteiger partial charge in [-0.05, 0) is 36.8 Å². The molecule has 0 aliphatic rings. The highest BCUT2D eigenvalue weighted by molar-refractivity contribution is 6.12. The number of ether oxygens (including phenoxy) is 2. The van der Waals surface area contributed by atoms with Crippen molar-refractivity contribution in [2.45, 2.75) is 19.4 Å². The van der Waals surface area contributed by atoms with E-state index in [-0.39, 0.29) is 5.78 Å². The summed E-state index contributed by atoms with van der Waals surface area (Å²) in [5.41, 5.74) is 2.64. The molecule has 3 aromatic carbocycles. The summed E-state index contributed by atoms with van der Waals surface area (Å²) in [7, 11) is 1.36. The predicted octanol–water partition coefficient (Wildman–Crippen LogP) is 4.51. The molecule has 1 unspecified atom stereocenters. The number of esters is 1. The highest BCUT2D eigenvalue weighted by Gasteiger charge is 2.22. The van der Waals surface area contributed by atoms with Crippen LogP contribution in [0.2, 0.25) is 0 Å². The van der Waals surface area contributed by atoms with Crippen LogP contribution in [0.3, 0.4) is 0 Å². The highest BCUT2D eigenvalue weighted by Crippen LogP contribution is 2.22. The first-order valence-corrected chi connectivity index (χ1v) is 9.87. The fourth-order valence-corrected chi connectivity index (χ4v) is 3.20. The number of para-hydroxylation sites is 1. The lowest BCUT2D eigenvalue weighted by Gasteiger charge is -2.20. The summed E-state index contributed by atoms with van der Waals surface area (Å²) in [6.07, 6.45) is 0.410. The molecule has 0 spiro atoms. The summed E-state index contributed by atoms with van der Waals surface area (Å²) >= 11 is 0. The molecule has 0 heterocycles. The molecule has 0 aliphatic heterocycles. The van der Waals surface area contributed by atoms with Gasteiger partial charge in [0, 0.05) is 23.2 Å². The van der Waals surface area contributed by atoms with Crippen molar-refractivity contribution >= 4 is 17.4 Å². The molecule has 0 fully saturated rings. The van der Waals surface area contributed by atoms with Gasteiger partial charge in [0.05, 0.1) is 13.7 Å². The summed E-state index contributed by atoms with van der Waals surface area (Å²) in [5, 5.41) is 3.21.